The van der Waals surface area contributed by atoms with E-state index in [-0.39, 0.29) is 10.7 Å². The maximum atomic E-state index is 13.3. The molecule has 1 unspecified atom stereocenters. The third kappa shape index (κ3) is 3.31. The van der Waals surface area contributed by atoms with Gasteiger partial charge in [0, 0.05) is 6.26 Å². The maximum Gasteiger partial charge on any atom is 0.175 e. The molecule has 112 valence electrons. The highest BCUT2D eigenvalue weighted by Crippen LogP contribution is 2.29. The lowest BCUT2D eigenvalue weighted by molar-refractivity contribution is 0.218. The average molecular weight is 308 g/mol. The van der Waals surface area contributed by atoms with E-state index in [0.717, 1.165) is 6.26 Å². The van der Waals surface area contributed by atoms with Gasteiger partial charge in [0.05, 0.1) is 4.90 Å². The number of aliphatic hydroxyl groups is 1. The van der Waals surface area contributed by atoms with Gasteiger partial charge in [-0.3, -0.25) is 0 Å². The molecule has 2 aromatic rings. The lowest BCUT2D eigenvalue weighted by Gasteiger charge is -2.17. The van der Waals surface area contributed by atoms with Gasteiger partial charge in [-0.15, -0.1) is 0 Å². The Bertz CT molecular complexity index is 759. The molecule has 1 atom stereocenters. The Morgan fingerprint density at radius 2 is 1.67 bits per heavy atom. The molecule has 3 nitrogen and oxygen atoms in total. The first kappa shape index (κ1) is 15.7. The van der Waals surface area contributed by atoms with Crippen LogP contribution in [0, 0.1) is 19.7 Å². The minimum absolute atomic E-state index is 0.150. The first-order valence-corrected chi connectivity index (χ1v) is 8.34. The average Bonchev–Trinajstić information content (AvgIpc) is 2.36. The number of hydrogen-bond donors (Lipinski definition) is 1. The molecular formula is C16H17FO3S. The molecule has 21 heavy (non-hydrogen) atoms. The molecule has 0 amide bonds. The summed E-state index contributed by atoms with van der Waals surface area (Å²) in [5.41, 5.74) is 2.33. The van der Waals surface area contributed by atoms with Crippen LogP contribution in [0.3, 0.4) is 0 Å². The van der Waals surface area contributed by atoms with Crippen LogP contribution in [0.25, 0.3) is 0 Å². The van der Waals surface area contributed by atoms with E-state index in [4.69, 9.17) is 0 Å². The van der Waals surface area contributed by atoms with E-state index in [1.807, 2.05) is 0 Å². The normalized spacial score (nSPS) is 13.2. The molecule has 0 heterocycles. The summed E-state index contributed by atoms with van der Waals surface area (Å²) in [6, 6.07) is 8.88. The zero-order valence-electron chi connectivity index (χ0n) is 12.1. The number of aryl methyl sites for hydroxylation is 2. The smallest absolute Gasteiger partial charge is 0.175 e. The molecule has 5 heteroatoms. The van der Waals surface area contributed by atoms with Crippen LogP contribution in [0.5, 0.6) is 0 Å². The summed E-state index contributed by atoms with van der Waals surface area (Å²) in [6.07, 6.45) is 0.125. The molecule has 0 aliphatic rings. The van der Waals surface area contributed by atoms with Gasteiger partial charge in [0.15, 0.2) is 9.84 Å². The second-order valence-corrected chi connectivity index (χ2v) is 7.22. The summed E-state index contributed by atoms with van der Waals surface area (Å²) in [5.74, 6) is -0.356. The highest BCUT2D eigenvalue weighted by Gasteiger charge is 2.18. The Hall–Kier alpha value is -1.72. The Kier molecular flexibility index (Phi) is 4.16. The molecular weight excluding hydrogens is 291 g/mol. The summed E-state index contributed by atoms with van der Waals surface area (Å²) >= 11 is 0. The van der Waals surface area contributed by atoms with Crippen LogP contribution in [-0.2, 0) is 9.84 Å². The third-order valence-electron chi connectivity index (χ3n) is 3.43. The SMILES string of the molecule is Cc1cc(F)cc(C)c1C(O)c1cccc(S(C)(=O)=O)c1. The van der Waals surface area contributed by atoms with Gasteiger partial charge in [-0.1, -0.05) is 12.1 Å². The molecule has 0 aliphatic carbocycles. The topological polar surface area (TPSA) is 54.4 Å². The number of halogens is 1. The van der Waals surface area contributed by atoms with Crippen LogP contribution >= 0.6 is 0 Å². The minimum atomic E-state index is -3.34. The molecule has 1 N–H and O–H groups in total. The van der Waals surface area contributed by atoms with Gasteiger partial charge in [-0.05, 0) is 60.4 Å². The number of sulfone groups is 1. The molecule has 0 spiro atoms. The molecule has 0 aliphatic heterocycles. The van der Waals surface area contributed by atoms with E-state index in [0.29, 0.717) is 22.3 Å². The summed E-state index contributed by atoms with van der Waals surface area (Å²) in [5, 5.41) is 10.5. The van der Waals surface area contributed by atoms with E-state index in [1.165, 1.54) is 24.3 Å². The van der Waals surface area contributed by atoms with Crippen LogP contribution in [0.1, 0.15) is 28.4 Å². The van der Waals surface area contributed by atoms with Crippen molar-refractivity contribution >= 4 is 9.84 Å². The number of rotatable bonds is 3. The fourth-order valence-electron chi connectivity index (χ4n) is 2.44. The van der Waals surface area contributed by atoms with Gasteiger partial charge in [-0.25, -0.2) is 12.8 Å². The number of hydrogen-bond acceptors (Lipinski definition) is 3. The van der Waals surface area contributed by atoms with Gasteiger partial charge >= 0.3 is 0 Å². The Balaban J connectivity index is 2.53. The summed E-state index contributed by atoms with van der Waals surface area (Å²) < 4.78 is 36.5. The van der Waals surface area contributed by atoms with Crippen molar-refractivity contribution in [3.05, 3.63) is 64.5 Å². The zero-order chi connectivity index (χ0) is 15.8. The van der Waals surface area contributed by atoms with Gasteiger partial charge in [0.25, 0.3) is 0 Å². The van der Waals surface area contributed by atoms with E-state index in [2.05, 4.69) is 0 Å². The summed E-state index contributed by atoms with van der Waals surface area (Å²) in [6.45, 7) is 3.43. The first-order chi connectivity index (χ1) is 9.70. The predicted octanol–water partition coefficient (Wildman–Crippen LogP) is 2.93. The van der Waals surface area contributed by atoms with E-state index in [1.54, 1.807) is 26.0 Å². The van der Waals surface area contributed by atoms with Crippen molar-refractivity contribution in [1.82, 2.24) is 0 Å². The highest BCUT2D eigenvalue weighted by molar-refractivity contribution is 7.90. The Morgan fingerprint density at radius 1 is 1.10 bits per heavy atom. The van der Waals surface area contributed by atoms with E-state index >= 15 is 0 Å². The Morgan fingerprint density at radius 3 is 2.19 bits per heavy atom. The van der Waals surface area contributed by atoms with Crippen molar-refractivity contribution in [3.63, 3.8) is 0 Å². The maximum absolute atomic E-state index is 13.3. The van der Waals surface area contributed by atoms with Crippen molar-refractivity contribution in [2.24, 2.45) is 0 Å². The van der Waals surface area contributed by atoms with Gasteiger partial charge < -0.3 is 5.11 Å². The molecule has 0 bridgehead atoms. The summed E-state index contributed by atoms with van der Waals surface area (Å²) in [7, 11) is -3.34. The number of aliphatic hydroxyl groups excluding tert-OH is 1. The standard InChI is InChI=1S/C16H17FO3S/c1-10-7-13(17)8-11(2)15(10)16(18)12-5-4-6-14(9-12)21(3,19)20/h4-9,16,18H,1-3H3. The summed E-state index contributed by atoms with van der Waals surface area (Å²) in [4.78, 5) is 0.150. The molecule has 0 fully saturated rings. The van der Waals surface area contributed by atoms with Crippen LogP contribution < -0.4 is 0 Å². The minimum Gasteiger partial charge on any atom is -0.384 e. The van der Waals surface area contributed by atoms with Crippen molar-refractivity contribution in [2.75, 3.05) is 6.26 Å². The highest BCUT2D eigenvalue weighted by atomic mass is 32.2. The lowest BCUT2D eigenvalue weighted by atomic mass is 9.93. The fourth-order valence-corrected chi connectivity index (χ4v) is 3.11. The van der Waals surface area contributed by atoms with Crippen LogP contribution in [0.4, 0.5) is 4.39 Å². The fraction of sp³-hybridized carbons (Fsp3) is 0.250. The zero-order valence-corrected chi connectivity index (χ0v) is 12.9. The van der Waals surface area contributed by atoms with Crippen molar-refractivity contribution < 1.29 is 17.9 Å². The van der Waals surface area contributed by atoms with Crippen LogP contribution in [0.2, 0.25) is 0 Å². The van der Waals surface area contributed by atoms with Crippen LogP contribution in [-0.4, -0.2) is 19.8 Å². The van der Waals surface area contributed by atoms with Crippen molar-refractivity contribution in [3.8, 4) is 0 Å². The predicted molar refractivity (Wildman–Crippen MR) is 79.5 cm³/mol. The molecule has 0 radical (unpaired) electrons. The first-order valence-electron chi connectivity index (χ1n) is 6.45. The second kappa shape index (κ2) is 5.58. The largest absolute Gasteiger partial charge is 0.384 e. The van der Waals surface area contributed by atoms with Gasteiger partial charge in [-0.2, -0.15) is 0 Å². The molecule has 0 saturated carbocycles. The van der Waals surface area contributed by atoms with Gasteiger partial charge in [0.2, 0.25) is 0 Å². The van der Waals surface area contributed by atoms with Crippen molar-refractivity contribution in [2.45, 2.75) is 24.8 Å². The molecule has 0 aromatic heterocycles. The monoisotopic (exact) mass is 308 g/mol. The third-order valence-corrected chi connectivity index (χ3v) is 4.54. The molecule has 2 rings (SSSR count). The molecule has 0 saturated heterocycles. The number of benzene rings is 2. The van der Waals surface area contributed by atoms with E-state index in [9.17, 15) is 17.9 Å². The lowest BCUT2D eigenvalue weighted by Crippen LogP contribution is -2.07. The van der Waals surface area contributed by atoms with Gasteiger partial charge in [0.1, 0.15) is 11.9 Å². The van der Waals surface area contributed by atoms with Crippen molar-refractivity contribution in [1.29, 1.82) is 0 Å². The molecule has 2 aromatic carbocycles. The van der Waals surface area contributed by atoms with E-state index < -0.39 is 15.9 Å². The second-order valence-electron chi connectivity index (χ2n) is 5.20. The van der Waals surface area contributed by atoms with Crippen LogP contribution in [0.15, 0.2) is 41.3 Å². The Labute approximate surface area is 124 Å². The quantitative estimate of drug-likeness (QED) is 0.948.